The normalized spacial score (nSPS) is 12.4. The molecule has 0 aliphatic rings. The lowest BCUT2D eigenvalue weighted by Gasteiger charge is -2.07. The Morgan fingerprint density at radius 3 is 2.83 bits per heavy atom. The van der Waals surface area contributed by atoms with Crippen LogP contribution in [0, 0.1) is 5.82 Å². The molecule has 94 valence electrons. The Labute approximate surface area is 110 Å². The predicted molar refractivity (Wildman–Crippen MR) is 69.9 cm³/mol. The molecule has 0 spiro atoms. The Morgan fingerprint density at radius 1 is 1.39 bits per heavy atom. The molecule has 2 N–H and O–H groups in total. The van der Waals surface area contributed by atoms with Crippen LogP contribution in [0.15, 0.2) is 46.7 Å². The highest BCUT2D eigenvalue weighted by Gasteiger charge is 2.07. The molecule has 0 radical (unpaired) electrons. The van der Waals surface area contributed by atoms with Crippen LogP contribution in [0.5, 0.6) is 0 Å². The van der Waals surface area contributed by atoms with Crippen LogP contribution in [-0.2, 0) is 6.42 Å². The number of hydrogen-bond donors (Lipinski definition) is 1. The van der Waals surface area contributed by atoms with E-state index in [-0.39, 0.29) is 11.9 Å². The number of aromatic nitrogens is 2. The molecule has 0 bridgehead atoms. The quantitative estimate of drug-likeness (QED) is 0.921. The van der Waals surface area contributed by atoms with Gasteiger partial charge in [0, 0.05) is 23.3 Å². The third-order valence-corrected chi connectivity index (χ3v) is 3.28. The summed E-state index contributed by atoms with van der Waals surface area (Å²) in [4.78, 5) is 8.59. The van der Waals surface area contributed by atoms with Crippen molar-refractivity contribution in [1.82, 2.24) is 9.97 Å². The Morgan fingerprint density at radius 2 is 2.22 bits per heavy atom. The van der Waals surface area contributed by atoms with Crippen LogP contribution in [-0.4, -0.2) is 16.0 Å². The topological polar surface area (TPSA) is 51.8 Å². The first-order valence-electron chi connectivity index (χ1n) is 5.63. The smallest absolute Gasteiger partial charge is 0.137 e. The highest BCUT2D eigenvalue weighted by molar-refractivity contribution is 7.99. The van der Waals surface area contributed by atoms with Crippen LogP contribution in [0.3, 0.4) is 0 Å². The van der Waals surface area contributed by atoms with Crippen LogP contribution < -0.4 is 5.73 Å². The second-order valence-electron chi connectivity index (χ2n) is 4.09. The number of benzene rings is 1. The standard InChI is InChI=1S/C13H14FN3S/c1-9(15)6-10-2-3-12(11(14)7-10)18-13-8-16-4-5-17-13/h2-5,7-9H,6,15H2,1H3. The minimum absolute atomic E-state index is 0.0305. The second-order valence-corrected chi connectivity index (χ2v) is 5.15. The van der Waals surface area contributed by atoms with Crippen molar-refractivity contribution in [3.05, 3.63) is 48.2 Å². The highest BCUT2D eigenvalue weighted by Crippen LogP contribution is 2.28. The van der Waals surface area contributed by atoms with Gasteiger partial charge in [0.05, 0.1) is 6.20 Å². The van der Waals surface area contributed by atoms with E-state index in [0.717, 1.165) is 5.56 Å². The fraction of sp³-hybridized carbons (Fsp3) is 0.231. The van der Waals surface area contributed by atoms with Crippen molar-refractivity contribution in [1.29, 1.82) is 0 Å². The van der Waals surface area contributed by atoms with Gasteiger partial charge in [-0.05, 0) is 31.0 Å². The molecule has 0 saturated carbocycles. The van der Waals surface area contributed by atoms with Crippen molar-refractivity contribution in [3.63, 3.8) is 0 Å². The zero-order valence-corrected chi connectivity index (χ0v) is 10.8. The highest BCUT2D eigenvalue weighted by atomic mass is 32.2. The lowest BCUT2D eigenvalue weighted by Crippen LogP contribution is -2.17. The molecule has 1 atom stereocenters. The predicted octanol–water partition coefficient (Wildman–Crippen LogP) is 2.66. The minimum Gasteiger partial charge on any atom is -0.328 e. The first-order valence-corrected chi connectivity index (χ1v) is 6.44. The summed E-state index contributed by atoms with van der Waals surface area (Å²) in [6.45, 7) is 1.90. The summed E-state index contributed by atoms with van der Waals surface area (Å²) in [6, 6.07) is 5.21. The maximum atomic E-state index is 13.9. The zero-order chi connectivity index (χ0) is 13.0. The molecule has 1 aromatic heterocycles. The molecule has 3 nitrogen and oxygen atoms in total. The average molecular weight is 263 g/mol. The van der Waals surface area contributed by atoms with E-state index < -0.39 is 0 Å². The number of hydrogen-bond acceptors (Lipinski definition) is 4. The molecule has 2 aromatic rings. The van der Waals surface area contributed by atoms with E-state index in [2.05, 4.69) is 9.97 Å². The summed E-state index contributed by atoms with van der Waals surface area (Å²) in [5, 5.41) is 0.677. The molecule has 2 rings (SSSR count). The lowest BCUT2D eigenvalue weighted by molar-refractivity contribution is 0.597. The van der Waals surface area contributed by atoms with Gasteiger partial charge in [-0.1, -0.05) is 17.8 Å². The van der Waals surface area contributed by atoms with Crippen molar-refractivity contribution in [2.24, 2.45) is 5.73 Å². The van der Waals surface area contributed by atoms with E-state index in [1.54, 1.807) is 24.7 Å². The first-order chi connectivity index (χ1) is 8.65. The molecular formula is C13H14FN3S. The molecule has 5 heteroatoms. The van der Waals surface area contributed by atoms with Crippen LogP contribution in [0.1, 0.15) is 12.5 Å². The number of nitrogens with zero attached hydrogens (tertiary/aromatic N) is 2. The summed E-state index contributed by atoms with van der Waals surface area (Å²) < 4.78 is 13.9. The van der Waals surface area contributed by atoms with Gasteiger partial charge >= 0.3 is 0 Å². The van der Waals surface area contributed by atoms with Crippen LogP contribution in [0.2, 0.25) is 0 Å². The lowest BCUT2D eigenvalue weighted by atomic mass is 10.1. The van der Waals surface area contributed by atoms with Gasteiger partial charge < -0.3 is 5.73 Å². The molecule has 0 amide bonds. The van der Waals surface area contributed by atoms with Gasteiger partial charge in [0.15, 0.2) is 0 Å². The second kappa shape index (κ2) is 5.93. The van der Waals surface area contributed by atoms with Gasteiger partial charge in [0.2, 0.25) is 0 Å². The number of halogens is 1. The van der Waals surface area contributed by atoms with E-state index in [0.29, 0.717) is 16.3 Å². The Balaban J connectivity index is 2.15. The number of nitrogens with two attached hydrogens (primary N) is 1. The monoisotopic (exact) mass is 263 g/mol. The van der Waals surface area contributed by atoms with Gasteiger partial charge in [-0.3, -0.25) is 4.98 Å². The van der Waals surface area contributed by atoms with Crippen molar-refractivity contribution in [3.8, 4) is 0 Å². The molecule has 1 unspecified atom stereocenters. The maximum absolute atomic E-state index is 13.9. The summed E-state index contributed by atoms with van der Waals surface area (Å²) in [7, 11) is 0. The van der Waals surface area contributed by atoms with E-state index in [1.165, 1.54) is 17.8 Å². The summed E-state index contributed by atoms with van der Waals surface area (Å²) in [5.41, 5.74) is 6.60. The molecule has 0 aliphatic heterocycles. The van der Waals surface area contributed by atoms with Gasteiger partial charge in [-0.2, -0.15) is 0 Å². The fourth-order valence-electron chi connectivity index (χ4n) is 1.58. The molecular weight excluding hydrogens is 249 g/mol. The Hall–Kier alpha value is -1.46. The maximum Gasteiger partial charge on any atom is 0.137 e. The SMILES string of the molecule is CC(N)Cc1ccc(Sc2cnccn2)c(F)c1. The van der Waals surface area contributed by atoms with Crippen molar-refractivity contribution >= 4 is 11.8 Å². The summed E-state index contributed by atoms with van der Waals surface area (Å²) in [5.74, 6) is -0.246. The first kappa shape index (κ1) is 13.0. The zero-order valence-electron chi connectivity index (χ0n) is 10.0. The van der Waals surface area contributed by atoms with E-state index in [1.807, 2.05) is 13.0 Å². The molecule has 0 fully saturated rings. The Kier molecular flexibility index (Phi) is 4.28. The van der Waals surface area contributed by atoms with E-state index >= 15 is 0 Å². The van der Waals surface area contributed by atoms with Crippen molar-refractivity contribution in [2.75, 3.05) is 0 Å². The third kappa shape index (κ3) is 3.51. The fourth-order valence-corrected chi connectivity index (χ4v) is 2.32. The van der Waals surface area contributed by atoms with E-state index in [4.69, 9.17) is 5.73 Å². The van der Waals surface area contributed by atoms with Crippen molar-refractivity contribution < 1.29 is 4.39 Å². The summed E-state index contributed by atoms with van der Waals surface area (Å²) in [6.07, 6.45) is 5.46. The molecule has 0 aliphatic carbocycles. The average Bonchev–Trinajstić information content (AvgIpc) is 2.33. The van der Waals surface area contributed by atoms with Crippen LogP contribution in [0.4, 0.5) is 4.39 Å². The van der Waals surface area contributed by atoms with Gasteiger partial charge in [0.25, 0.3) is 0 Å². The number of rotatable bonds is 4. The third-order valence-electron chi connectivity index (χ3n) is 2.31. The van der Waals surface area contributed by atoms with Gasteiger partial charge in [0.1, 0.15) is 10.8 Å². The Bertz CT molecular complexity index is 517. The molecule has 1 heterocycles. The van der Waals surface area contributed by atoms with Crippen LogP contribution >= 0.6 is 11.8 Å². The summed E-state index contributed by atoms with van der Waals surface area (Å²) >= 11 is 1.26. The van der Waals surface area contributed by atoms with Gasteiger partial charge in [-0.15, -0.1) is 0 Å². The largest absolute Gasteiger partial charge is 0.328 e. The van der Waals surface area contributed by atoms with Crippen molar-refractivity contribution in [2.45, 2.75) is 29.3 Å². The van der Waals surface area contributed by atoms with Gasteiger partial charge in [-0.25, -0.2) is 9.37 Å². The molecule has 18 heavy (non-hydrogen) atoms. The molecule has 0 saturated heterocycles. The van der Waals surface area contributed by atoms with E-state index in [9.17, 15) is 4.39 Å². The molecule has 1 aromatic carbocycles. The minimum atomic E-state index is -0.246. The van der Waals surface area contributed by atoms with Crippen LogP contribution in [0.25, 0.3) is 0 Å².